The zero-order chi connectivity index (χ0) is 10.3. The van der Waals surface area contributed by atoms with Gasteiger partial charge in [0, 0.05) is 17.8 Å². The predicted octanol–water partition coefficient (Wildman–Crippen LogP) is 0.533. The molecule has 1 unspecified atom stereocenters. The predicted molar refractivity (Wildman–Crippen MR) is 51.3 cm³/mol. The second-order valence-electron chi connectivity index (χ2n) is 3.45. The van der Waals surface area contributed by atoms with Gasteiger partial charge >= 0.3 is 0 Å². The zero-order valence-electron chi connectivity index (χ0n) is 7.82. The Hall–Kier alpha value is -1.42. The van der Waals surface area contributed by atoms with Crippen LogP contribution in [0.3, 0.4) is 0 Å². The highest BCUT2D eigenvalue weighted by Gasteiger charge is 2.31. The normalized spacial score (nSPS) is 27.0. The fraction of sp³-hybridized carbons (Fsp3) is 0.400. The van der Waals surface area contributed by atoms with Gasteiger partial charge in [-0.1, -0.05) is 0 Å². The van der Waals surface area contributed by atoms with Gasteiger partial charge in [0.15, 0.2) is 5.76 Å². The molecule has 0 saturated heterocycles. The van der Waals surface area contributed by atoms with Crippen LogP contribution in [0, 0.1) is 0 Å². The first-order chi connectivity index (χ1) is 6.61. The van der Waals surface area contributed by atoms with Gasteiger partial charge in [0.1, 0.15) is 6.10 Å². The van der Waals surface area contributed by atoms with Crippen molar-refractivity contribution >= 4 is 11.5 Å². The minimum Gasteiger partial charge on any atom is -0.504 e. The molecule has 1 heterocycles. The summed E-state index contributed by atoms with van der Waals surface area (Å²) in [6.45, 7) is 2.41. The topological polar surface area (TPSA) is 69.9 Å². The smallest absolute Gasteiger partial charge is 0.229 e. The molecule has 4 heteroatoms. The molecule has 2 rings (SSSR count). The molecule has 0 saturated carbocycles. The number of carbonyl (C=O) groups excluding carboxylic acids is 1. The Morgan fingerprint density at radius 1 is 1.57 bits per heavy atom. The van der Waals surface area contributed by atoms with Crippen LogP contribution < -0.4 is 0 Å². The number of aliphatic hydroxyl groups is 2. The summed E-state index contributed by atoms with van der Waals surface area (Å²) in [5, 5.41) is 18.9. The first-order valence-corrected chi connectivity index (χ1v) is 4.48. The fourth-order valence-corrected chi connectivity index (χ4v) is 1.78. The first kappa shape index (κ1) is 9.15. The van der Waals surface area contributed by atoms with Gasteiger partial charge in [-0.2, -0.15) is 0 Å². The summed E-state index contributed by atoms with van der Waals surface area (Å²) >= 11 is 0. The number of aliphatic hydroxyl groups excluding tert-OH is 2. The Morgan fingerprint density at radius 2 is 2.29 bits per heavy atom. The van der Waals surface area contributed by atoms with E-state index in [-0.39, 0.29) is 5.76 Å². The molecule has 0 spiro atoms. The molecule has 0 fully saturated rings. The third kappa shape index (κ3) is 1.19. The lowest BCUT2D eigenvalue weighted by Crippen LogP contribution is -2.31. The van der Waals surface area contributed by atoms with Gasteiger partial charge in [-0.25, -0.2) is 0 Å². The van der Waals surface area contributed by atoms with Crippen molar-refractivity contribution in [2.75, 3.05) is 6.54 Å². The Balaban J connectivity index is 2.52. The van der Waals surface area contributed by atoms with Crippen LogP contribution in [-0.4, -0.2) is 34.4 Å². The third-order valence-electron chi connectivity index (χ3n) is 2.58. The van der Waals surface area contributed by atoms with Crippen LogP contribution in [0.4, 0.5) is 0 Å². The lowest BCUT2D eigenvalue weighted by molar-refractivity contribution is -0.124. The Kier molecular flexibility index (Phi) is 2.00. The summed E-state index contributed by atoms with van der Waals surface area (Å²) in [5.74, 6) is -0.994. The Labute approximate surface area is 81.3 Å². The molecule has 14 heavy (non-hydrogen) atoms. The van der Waals surface area contributed by atoms with E-state index in [2.05, 4.69) is 4.99 Å². The second-order valence-corrected chi connectivity index (χ2v) is 3.45. The Bertz CT molecular complexity index is 390. The minimum absolute atomic E-state index is 0.382. The first-order valence-electron chi connectivity index (χ1n) is 4.48. The third-order valence-corrected chi connectivity index (χ3v) is 2.58. The number of carbonyl (C=O) groups is 1. The number of aliphatic imine (C=N–C) groups is 1. The van der Waals surface area contributed by atoms with Crippen LogP contribution in [0.25, 0.3) is 0 Å². The van der Waals surface area contributed by atoms with Gasteiger partial charge in [0.05, 0.1) is 0 Å². The molecule has 1 aliphatic heterocycles. The lowest BCUT2D eigenvalue weighted by atomic mass is 9.87. The molecule has 2 N–H and O–H groups in total. The second kappa shape index (κ2) is 3.06. The van der Waals surface area contributed by atoms with Crippen LogP contribution in [0.1, 0.15) is 13.3 Å². The standard InChI is InChI=1S/C10H11NO3/c1-5-7-4-8(12)10(14)9(13)6(7)2-3-11-5/h4,9,12-13H,2-3H2,1H3. The van der Waals surface area contributed by atoms with E-state index in [4.69, 9.17) is 0 Å². The molecule has 4 nitrogen and oxygen atoms in total. The maximum absolute atomic E-state index is 11.2. The van der Waals surface area contributed by atoms with E-state index in [1.165, 1.54) is 6.08 Å². The van der Waals surface area contributed by atoms with E-state index in [0.29, 0.717) is 24.1 Å². The quantitative estimate of drug-likeness (QED) is 0.589. The number of rotatable bonds is 0. The Morgan fingerprint density at radius 3 is 3.00 bits per heavy atom. The van der Waals surface area contributed by atoms with Gasteiger partial charge in [-0.15, -0.1) is 0 Å². The van der Waals surface area contributed by atoms with Gasteiger partial charge in [-0.05, 0) is 25.0 Å². The monoisotopic (exact) mass is 193 g/mol. The number of allylic oxidation sites excluding steroid dienone is 2. The summed E-state index contributed by atoms with van der Waals surface area (Å²) in [6, 6.07) is 0. The van der Waals surface area contributed by atoms with Crippen molar-refractivity contribution in [2.45, 2.75) is 19.4 Å². The molecule has 0 amide bonds. The average molecular weight is 193 g/mol. The average Bonchev–Trinajstić information content (AvgIpc) is 2.17. The van der Waals surface area contributed by atoms with E-state index in [1.54, 1.807) is 6.92 Å². The van der Waals surface area contributed by atoms with Crippen LogP contribution in [-0.2, 0) is 4.79 Å². The number of ketones is 1. The number of dihydropyridines is 1. The minimum atomic E-state index is -1.18. The summed E-state index contributed by atoms with van der Waals surface area (Å²) in [5.41, 5.74) is 2.16. The van der Waals surface area contributed by atoms with Crippen molar-refractivity contribution in [1.82, 2.24) is 0 Å². The van der Waals surface area contributed by atoms with Crippen LogP contribution in [0.5, 0.6) is 0 Å². The van der Waals surface area contributed by atoms with E-state index in [9.17, 15) is 15.0 Å². The van der Waals surface area contributed by atoms with Gasteiger partial charge in [-0.3, -0.25) is 9.79 Å². The summed E-state index contributed by atoms with van der Waals surface area (Å²) in [4.78, 5) is 15.4. The molecule has 74 valence electrons. The number of hydrogen-bond donors (Lipinski definition) is 2. The van der Waals surface area contributed by atoms with Crippen molar-refractivity contribution < 1.29 is 15.0 Å². The maximum atomic E-state index is 11.2. The molecule has 1 atom stereocenters. The van der Waals surface area contributed by atoms with Crippen molar-refractivity contribution in [3.8, 4) is 0 Å². The van der Waals surface area contributed by atoms with Crippen molar-refractivity contribution in [3.05, 3.63) is 23.0 Å². The van der Waals surface area contributed by atoms with E-state index >= 15 is 0 Å². The largest absolute Gasteiger partial charge is 0.504 e. The number of Topliss-reactive ketones (excluding diaryl/α,β-unsaturated/α-hetero) is 1. The molecule has 0 aromatic rings. The molecule has 0 aromatic heterocycles. The highest BCUT2D eigenvalue weighted by atomic mass is 16.3. The van der Waals surface area contributed by atoms with Gasteiger partial charge in [0.25, 0.3) is 0 Å². The summed E-state index contributed by atoms with van der Waals surface area (Å²) in [7, 11) is 0. The van der Waals surface area contributed by atoms with Crippen molar-refractivity contribution in [1.29, 1.82) is 0 Å². The van der Waals surface area contributed by atoms with E-state index < -0.39 is 11.9 Å². The summed E-state index contributed by atoms with van der Waals surface area (Å²) < 4.78 is 0. The van der Waals surface area contributed by atoms with Gasteiger partial charge < -0.3 is 10.2 Å². The molecule has 1 aliphatic carbocycles. The number of nitrogens with zero attached hydrogens (tertiary/aromatic N) is 1. The van der Waals surface area contributed by atoms with Gasteiger partial charge in [0.2, 0.25) is 5.78 Å². The van der Waals surface area contributed by atoms with Crippen molar-refractivity contribution in [2.24, 2.45) is 4.99 Å². The zero-order valence-corrected chi connectivity index (χ0v) is 7.82. The van der Waals surface area contributed by atoms with Crippen LogP contribution in [0.15, 0.2) is 28.0 Å². The van der Waals surface area contributed by atoms with Crippen LogP contribution in [0.2, 0.25) is 0 Å². The molecule has 0 bridgehead atoms. The molecular formula is C10H11NO3. The molecule has 2 aliphatic rings. The highest BCUT2D eigenvalue weighted by molar-refractivity contribution is 6.09. The highest BCUT2D eigenvalue weighted by Crippen LogP contribution is 2.27. The van der Waals surface area contributed by atoms with Crippen LogP contribution >= 0.6 is 0 Å². The van der Waals surface area contributed by atoms with Crippen molar-refractivity contribution in [3.63, 3.8) is 0 Å². The van der Waals surface area contributed by atoms with E-state index in [1.807, 2.05) is 0 Å². The fourth-order valence-electron chi connectivity index (χ4n) is 1.78. The van der Waals surface area contributed by atoms with E-state index in [0.717, 1.165) is 5.71 Å². The number of hydrogen-bond acceptors (Lipinski definition) is 4. The molecular weight excluding hydrogens is 182 g/mol. The molecule has 0 radical (unpaired) electrons. The lowest BCUT2D eigenvalue weighted by Gasteiger charge is -2.24. The summed E-state index contributed by atoms with van der Waals surface area (Å²) in [6.07, 6.45) is 0.798. The SMILES string of the molecule is CC1=NCCC2=C1C=C(O)C(=O)C2O. The maximum Gasteiger partial charge on any atom is 0.229 e. The molecule has 0 aromatic carbocycles.